The van der Waals surface area contributed by atoms with Crippen LogP contribution in [0.2, 0.25) is 11.6 Å². The highest BCUT2D eigenvalue weighted by molar-refractivity contribution is 6.40. The Balaban J connectivity index is 2.28. The Morgan fingerprint density at radius 3 is 2.57 bits per heavy atom. The molecule has 0 radical (unpaired) electrons. The fourth-order valence-electron chi connectivity index (χ4n) is 1.38. The molecule has 0 N–H and O–H groups in total. The van der Waals surface area contributed by atoms with E-state index >= 15 is 0 Å². The number of aryl methyl sites for hydroxylation is 1. The summed E-state index contributed by atoms with van der Waals surface area (Å²) in [6.07, 6.45) is 1.08. The van der Waals surface area contributed by atoms with Crippen molar-refractivity contribution in [1.82, 2.24) is 0 Å². The Morgan fingerprint density at radius 1 is 1.36 bits per heavy atom. The van der Waals surface area contributed by atoms with E-state index in [2.05, 4.69) is 6.92 Å². The summed E-state index contributed by atoms with van der Waals surface area (Å²) in [5.41, 5.74) is 1.96. The van der Waals surface area contributed by atoms with E-state index in [9.17, 15) is 4.39 Å². The Labute approximate surface area is 92.3 Å². The van der Waals surface area contributed by atoms with Gasteiger partial charge in [-0.25, -0.2) is 4.39 Å². The molecule has 1 atom stereocenters. The summed E-state index contributed by atoms with van der Waals surface area (Å²) in [7, 11) is -0.0435. The molecule has 0 bridgehead atoms. The molecule has 0 heterocycles. The molecule has 0 aliphatic carbocycles. The topological polar surface area (TPSA) is 0 Å². The average Bonchev–Trinajstić information content (AvgIpc) is 2.21. The highest BCUT2D eigenvalue weighted by atomic mass is 35.5. The first-order chi connectivity index (χ1) is 6.72. The van der Waals surface area contributed by atoms with Gasteiger partial charge in [0.2, 0.25) is 0 Å². The van der Waals surface area contributed by atoms with Crippen molar-refractivity contribution < 1.29 is 4.39 Å². The molecule has 1 aromatic rings. The van der Waals surface area contributed by atoms with E-state index in [1.54, 1.807) is 0 Å². The first-order valence-electron chi connectivity index (χ1n) is 5.03. The van der Waals surface area contributed by atoms with Gasteiger partial charge in [-0.3, -0.25) is 0 Å². The molecule has 0 aromatic heterocycles. The van der Waals surface area contributed by atoms with E-state index in [1.165, 1.54) is 23.7 Å². The van der Waals surface area contributed by atoms with Crippen LogP contribution < -0.4 is 0 Å². The summed E-state index contributed by atoms with van der Waals surface area (Å²) in [4.78, 5) is 0. The van der Waals surface area contributed by atoms with Gasteiger partial charge in [-0.1, -0.05) is 25.1 Å². The Morgan fingerprint density at radius 2 is 2.00 bits per heavy atom. The van der Waals surface area contributed by atoms with Gasteiger partial charge in [0.1, 0.15) is 5.82 Å². The van der Waals surface area contributed by atoms with Gasteiger partial charge in [0.25, 0.3) is 0 Å². The summed E-state index contributed by atoms with van der Waals surface area (Å²) in [6, 6.07) is 8.06. The monoisotopic (exact) mass is 230 g/mol. The molecule has 3 heteroatoms. The van der Waals surface area contributed by atoms with Gasteiger partial charge in [0.05, 0.1) is 0 Å². The molecule has 1 rings (SSSR count). The number of rotatable bonds is 5. The van der Waals surface area contributed by atoms with Crippen LogP contribution in [-0.4, -0.2) is 15.4 Å². The largest absolute Gasteiger partial charge is 0.207 e. The van der Waals surface area contributed by atoms with Crippen molar-refractivity contribution in [3.63, 3.8) is 0 Å². The summed E-state index contributed by atoms with van der Waals surface area (Å²) < 4.78 is 12.6. The van der Waals surface area contributed by atoms with Crippen LogP contribution in [0, 0.1) is 5.82 Å². The van der Waals surface area contributed by atoms with Gasteiger partial charge >= 0.3 is 0 Å². The van der Waals surface area contributed by atoms with Gasteiger partial charge in [-0.2, -0.15) is 0 Å². The summed E-state index contributed by atoms with van der Waals surface area (Å²) >= 11 is 5.74. The molecule has 0 spiro atoms. The van der Waals surface area contributed by atoms with Gasteiger partial charge in [0.15, 0.2) is 0 Å². The normalized spacial score (nSPS) is 13.6. The molecule has 14 heavy (non-hydrogen) atoms. The van der Waals surface area contributed by atoms with Crippen molar-refractivity contribution in [2.75, 3.05) is 5.88 Å². The Kier molecular flexibility index (Phi) is 5.19. The lowest BCUT2D eigenvalue weighted by Gasteiger charge is -2.05. The Bertz CT molecular complexity index is 260. The van der Waals surface area contributed by atoms with Crippen molar-refractivity contribution in [3.05, 3.63) is 35.6 Å². The minimum absolute atomic E-state index is 0.0435. The number of hydrogen-bond donors (Lipinski definition) is 0. The summed E-state index contributed by atoms with van der Waals surface area (Å²) in [6.45, 7) is 2.21. The Hall–Kier alpha value is -0.343. The molecule has 1 aromatic carbocycles. The lowest BCUT2D eigenvalue weighted by atomic mass is 10.2. The van der Waals surface area contributed by atoms with Crippen molar-refractivity contribution in [1.29, 1.82) is 0 Å². The zero-order chi connectivity index (χ0) is 10.4. The molecule has 0 aliphatic heterocycles. The fourth-order valence-corrected chi connectivity index (χ4v) is 3.31. The zero-order valence-corrected chi connectivity index (χ0v) is 10.6. The average molecular weight is 231 g/mol. The molecule has 78 valence electrons. The fraction of sp³-hybridized carbons (Fsp3) is 0.455. The third-order valence-electron chi connectivity index (χ3n) is 2.34. The van der Waals surface area contributed by atoms with Crippen molar-refractivity contribution in [3.8, 4) is 0 Å². The van der Waals surface area contributed by atoms with Crippen LogP contribution in [-0.2, 0) is 6.42 Å². The van der Waals surface area contributed by atoms with Crippen molar-refractivity contribution in [2.45, 2.75) is 24.9 Å². The SMILES string of the molecule is CC(CCl)[SiH2]CCc1ccc(F)cc1. The van der Waals surface area contributed by atoms with Gasteiger partial charge in [-0.05, 0) is 29.7 Å². The maximum Gasteiger partial charge on any atom is 0.123 e. The lowest BCUT2D eigenvalue weighted by molar-refractivity contribution is 0.627. The number of hydrogen-bond acceptors (Lipinski definition) is 0. The van der Waals surface area contributed by atoms with Crippen LogP contribution in [0.1, 0.15) is 12.5 Å². The smallest absolute Gasteiger partial charge is 0.123 e. The molecule has 0 saturated carbocycles. The second-order valence-electron chi connectivity index (χ2n) is 3.78. The van der Waals surface area contributed by atoms with Crippen LogP contribution in [0.4, 0.5) is 4.39 Å². The highest BCUT2D eigenvalue weighted by Crippen LogP contribution is 2.10. The summed E-state index contributed by atoms with van der Waals surface area (Å²) in [5.74, 6) is 0.635. The highest BCUT2D eigenvalue weighted by Gasteiger charge is 2.01. The molecule has 0 saturated heterocycles. The molecule has 0 amide bonds. The van der Waals surface area contributed by atoms with E-state index < -0.39 is 0 Å². The maximum absolute atomic E-state index is 12.6. The van der Waals surface area contributed by atoms with Crippen molar-refractivity contribution >= 4 is 21.1 Å². The van der Waals surface area contributed by atoms with Crippen LogP contribution in [0.25, 0.3) is 0 Å². The van der Waals surface area contributed by atoms with Gasteiger partial charge < -0.3 is 0 Å². The zero-order valence-electron chi connectivity index (χ0n) is 8.47. The molecular weight excluding hydrogens is 215 g/mol. The molecular formula is C11H16ClFSi. The van der Waals surface area contributed by atoms with Crippen molar-refractivity contribution in [2.24, 2.45) is 0 Å². The minimum Gasteiger partial charge on any atom is -0.207 e. The molecule has 0 fully saturated rings. The van der Waals surface area contributed by atoms with Crippen LogP contribution in [0.3, 0.4) is 0 Å². The molecule has 1 unspecified atom stereocenters. The van der Waals surface area contributed by atoms with E-state index in [-0.39, 0.29) is 15.3 Å². The first kappa shape index (κ1) is 11.7. The van der Waals surface area contributed by atoms with E-state index in [0.717, 1.165) is 17.8 Å². The summed E-state index contributed by atoms with van der Waals surface area (Å²) in [5, 5.41) is 0. The molecule has 0 nitrogen and oxygen atoms in total. The van der Waals surface area contributed by atoms with Crippen LogP contribution >= 0.6 is 11.6 Å². The van der Waals surface area contributed by atoms with E-state index in [4.69, 9.17) is 11.6 Å². The van der Waals surface area contributed by atoms with Gasteiger partial charge in [-0.15, -0.1) is 11.6 Å². The standard InChI is InChI=1S/C11H16ClFSi/c1-9(8-12)14-7-6-10-2-4-11(13)5-3-10/h2-5,9H,6-8,14H2,1H3. The number of alkyl halides is 1. The predicted octanol–water partition coefficient (Wildman–Crippen LogP) is 3.00. The predicted molar refractivity (Wildman–Crippen MR) is 63.6 cm³/mol. The number of halogens is 2. The third-order valence-corrected chi connectivity index (χ3v) is 5.27. The first-order valence-corrected chi connectivity index (χ1v) is 7.38. The van der Waals surface area contributed by atoms with Gasteiger partial charge in [0, 0.05) is 15.4 Å². The maximum atomic E-state index is 12.6. The quantitative estimate of drug-likeness (QED) is 0.539. The van der Waals surface area contributed by atoms with Crippen LogP contribution in [0.15, 0.2) is 24.3 Å². The lowest BCUT2D eigenvalue weighted by Crippen LogP contribution is -2.02. The van der Waals surface area contributed by atoms with Crippen LogP contribution in [0.5, 0.6) is 0 Å². The number of benzene rings is 1. The van der Waals surface area contributed by atoms with E-state index in [1.807, 2.05) is 12.1 Å². The second kappa shape index (κ2) is 6.20. The minimum atomic E-state index is -0.153. The second-order valence-corrected chi connectivity index (χ2v) is 6.77. The third kappa shape index (κ3) is 4.25. The molecule has 0 aliphatic rings. The van der Waals surface area contributed by atoms with E-state index in [0.29, 0.717) is 0 Å².